The minimum absolute atomic E-state index is 0.860. The van der Waals surface area contributed by atoms with Gasteiger partial charge in [-0.3, -0.25) is 0 Å². The molecule has 84 valence electrons. The van der Waals surface area contributed by atoms with Crippen LogP contribution in [-0.2, 0) is 0 Å². The highest BCUT2D eigenvalue weighted by atomic mass is 32.1. The first-order valence-electron chi connectivity index (χ1n) is 5.03. The molecule has 16 heavy (non-hydrogen) atoms. The van der Waals surface area contributed by atoms with Crippen molar-refractivity contribution >= 4 is 16.5 Å². The van der Waals surface area contributed by atoms with Crippen LogP contribution in [0.5, 0.6) is 5.75 Å². The number of anilines is 1. The normalized spacial score (nSPS) is 10.2. The molecule has 1 aromatic carbocycles. The van der Waals surface area contributed by atoms with Crippen LogP contribution in [0, 0.1) is 6.92 Å². The van der Waals surface area contributed by atoms with E-state index in [4.69, 9.17) is 4.74 Å². The first-order valence-corrected chi connectivity index (χ1v) is 5.91. The highest BCUT2D eigenvalue weighted by molar-refractivity contribution is 7.14. The smallest absolute Gasteiger partial charge is 0.182 e. The van der Waals surface area contributed by atoms with Crippen molar-refractivity contribution in [3.63, 3.8) is 0 Å². The highest BCUT2D eigenvalue weighted by Gasteiger charge is 2.09. The Balaban J connectivity index is 2.49. The predicted molar refractivity (Wildman–Crippen MR) is 68.4 cm³/mol. The molecule has 0 aliphatic rings. The minimum atomic E-state index is 0.860. The summed E-state index contributed by atoms with van der Waals surface area (Å²) in [5.41, 5.74) is 3.20. The number of hydrogen-bond acceptors (Lipinski definition) is 4. The average Bonchev–Trinajstić information content (AvgIpc) is 2.77. The van der Waals surface area contributed by atoms with Crippen LogP contribution in [0.25, 0.3) is 11.3 Å². The van der Waals surface area contributed by atoms with Gasteiger partial charge in [-0.2, -0.15) is 0 Å². The van der Waals surface area contributed by atoms with Crippen LogP contribution in [-0.4, -0.2) is 19.1 Å². The van der Waals surface area contributed by atoms with Crippen molar-refractivity contribution in [1.82, 2.24) is 4.98 Å². The van der Waals surface area contributed by atoms with Gasteiger partial charge >= 0.3 is 0 Å². The van der Waals surface area contributed by atoms with E-state index in [-0.39, 0.29) is 0 Å². The fourth-order valence-electron chi connectivity index (χ4n) is 1.53. The fraction of sp³-hybridized carbons (Fsp3) is 0.250. The molecule has 0 bridgehead atoms. The molecular formula is C12H14N2OS. The Labute approximate surface area is 99.1 Å². The monoisotopic (exact) mass is 234 g/mol. The Bertz CT molecular complexity index is 494. The van der Waals surface area contributed by atoms with Crippen molar-refractivity contribution in [3.05, 3.63) is 29.1 Å². The molecule has 0 amide bonds. The van der Waals surface area contributed by atoms with Crippen LogP contribution >= 0.6 is 11.3 Å². The van der Waals surface area contributed by atoms with E-state index in [1.165, 1.54) is 5.56 Å². The summed E-state index contributed by atoms with van der Waals surface area (Å²) in [6, 6.07) is 6.10. The van der Waals surface area contributed by atoms with Crippen molar-refractivity contribution in [2.24, 2.45) is 0 Å². The number of nitrogens with zero attached hydrogens (tertiary/aromatic N) is 1. The molecule has 3 nitrogen and oxygen atoms in total. The highest BCUT2D eigenvalue weighted by Crippen LogP contribution is 2.32. The van der Waals surface area contributed by atoms with Crippen molar-refractivity contribution in [3.8, 4) is 17.0 Å². The van der Waals surface area contributed by atoms with Crippen LogP contribution in [0.2, 0.25) is 0 Å². The lowest BCUT2D eigenvalue weighted by atomic mass is 10.1. The summed E-state index contributed by atoms with van der Waals surface area (Å²) in [6.45, 7) is 2.06. The van der Waals surface area contributed by atoms with Gasteiger partial charge in [-0.15, -0.1) is 11.3 Å². The zero-order valence-corrected chi connectivity index (χ0v) is 10.4. The van der Waals surface area contributed by atoms with Gasteiger partial charge < -0.3 is 10.1 Å². The molecule has 0 atom stereocenters. The number of hydrogen-bond donors (Lipinski definition) is 1. The lowest BCUT2D eigenvalue weighted by molar-refractivity contribution is 0.416. The topological polar surface area (TPSA) is 34.2 Å². The summed E-state index contributed by atoms with van der Waals surface area (Å²) in [5, 5.41) is 5.98. The summed E-state index contributed by atoms with van der Waals surface area (Å²) in [5.74, 6) is 0.860. The maximum Gasteiger partial charge on any atom is 0.182 e. The Morgan fingerprint density at radius 2 is 2.19 bits per heavy atom. The van der Waals surface area contributed by atoms with Crippen LogP contribution < -0.4 is 10.1 Å². The Morgan fingerprint density at radius 3 is 2.81 bits per heavy atom. The van der Waals surface area contributed by atoms with Crippen LogP contribution in [0.15, 0.2) is 23.6 Å². The maximum absolute atomic E-state index is 5.34. The van der Waals surface area contributed by atoms with E-state index in [9.17, 15) is 0 Å². The molecule has 0 radical (unpaired) electrons. The largest absolute Gasteiger partial charge is 0.496 e. The van der Waals surface area contributed by atoms with Gasteiger partial charge in [0.25, 0.3) is 0 Å². The van der Waals surface area contributed by atoms with Gasteiger partial charge in [-0.25, -0.2) is 4.98 Å². The molecule has 2 rings (SSSR count). The average molecular weight is 234 g/mol. The lowest BCUT2D eigenvalue weighted by Crippen LogP contribution is -1.90. The van der Waals surface area contributed by atoms with Gasteiger partial charge in [-0.05, 0) is 19.1 Å². The van der Waals surface area contributed by atoms with Crippen molar-refractivity contribution in [2.75, 3.05) is 19.5 Å². The number of aromatic nitrogens is 1. The second-order valence-electron chi connectivity index (χ2n) is 3.49. The van der Waals surface area contributed by atoms with E-state index in [1.807, 2.05) is 24.6 Å². The molecule has 0 spiro atoms. The SMILES string of the molecule is CNc1nc(-c2cc(C)ccc2OC)cs1. The van der Waals surface area contributed by atoms with E-state index >= 15 is 0 Å². The molecule has 0 saturated carbocycles. The van der Waals surface area contributed by atoms with Crippen molar-refractivity contribution < 1.29 is 4.74 Å². The molecule has 0 saturated heterocycles. The molecule has 0 unspecified atom stereocenters. The van der Waals surface area contributed by atoms with E-state index in [2.05, 4.69) is 23.3 Å². The third kappa shape index (κ3) is 2.02. The van der Waals surface area contributed by atoms with E-state index in [0.29, 0.717) is 0 Å². The van der Waals surface area contributed by atoms with Crippen molar-refractivity contribution in [2.45, 2.75) is 6.92 Å². The van der Waals surface area contributed by atoms with Gasteiger partial charge in [0, 0.05) is 18.0 Å². The number of methoxy groups -OCH3 is 1. The van der Waals surface area contributed by atoms with E-state index in [0.717, 1.165) is 22.1 Å². The van der Waals surface area contributed by atoms with Crippen molar-refractivity contribution in [1.29, 1.82) is 0 Å². The predicted octanol–water partition coefficient (Wildman–Crippen LogP) is 3.17. The zero-order valence-electron chi connectivity index (χ0n) is 9.57. The van der Waals surface area contributed by atoms with Crippen LogP contribution in [0.1, 0.15) is 5.56 Å². The number of nitrogens with one attached hydrogen (secondary N) is 1. The number of aryl methyl sites for hydroxylation is 1. The summed E-state index contributed by atoms with van der Waals surface area (Å²) < 4.78 is 5.34. The maximum atomic E-state index is 5.34. The van der Waals surface area contributed by atoms with Gasteiger partial charge in [0.15, 0.2) is 5.13 Å². The number of ether oxygens (including phenoxy) is 1. The van der Waals surface area contributed by atoms with Crippen LogP contribution in [0.3, 0.4) is 0 Å². The second kappa shape index (κ2) is 4.53. The first kappa shape index (κ1) is 11.0. The molecule has 4 heteroatoms. The standard InChI is InChI=1S/C12H14N2OS/c1-8-4-5-11(15-3)9(6-8)10-7-16-12(13-2)14-10/h4-7H,1-3H3,(H,13,14). The summed E-state index contributed by atoms with van der Waals surface area (Å²) in [4.78, 5) is 4.48. The fourth-order valence-corrected chi connectivity index (χ4v) is 2.21. The first-order chi connectivity index (χ1) is 7.74. The third-order valence-corrected chi connectivity index (χ3v) is 3.21. The van der Waals surface area contributed by atoms with Crippen LogP contribution in [0.4, 0.5) is 5.13 Å². The molecule has 0 fully saturated rings. The molecule has 0 aliphatic heterocycles. The van der Waals surface area contributed by atoms with Gasteiger partial charge in [0.05, 0.1) is 12.8 Å². The molecule has 1 heterocycles. The zero-order chi connectivity index (χ0) is 11.5. The van der Waals surface area contributed by atoms with E-state index in [1.54, 1.807) is 18.4 Å². The molecule has 0 aliphatic carbocycles. The third-order valence-electron chi connectivity index (χ3n) is 2.35. The van der Waals surface area contributed by atoms with Gasteiger partial charge in [-0.1, -0.05) is 11.6 Å². The molecule has 1 N–H and O–H groups in total. The quantitative estimate of drug-likeness (QED) is 0.885. The summed E-state index contributed by atoms with van der Waals surface area (Å²) in [7, 11) is 3.55. The number of benzene rings is 1. The Morgan fingerprint density at radius 1 is 1.38 bits per heavy atom. The Kier molecular flexibility index (Phi) is 3.10. The second-order valence-corrected chi connectivity index (χ2v) is 4.35. The summed E-state index contributed by atoms with van der Waals surface area (Å²) in [6.07, 6.45) is 0. The van der Waals surface area contributed by atoms with Gasteiger partial charge in [0.1, 0.15) is 5.75 Å². The lowest BCUT2D eigenvalue weighted by Gasteiger charge is -2.06. The minimum Gasteiger partial charge on any atom is -0.496 e. The Hall–Kier alpha value is -1.55. The van der Waals surface area contributed by atoms with E-state index < -0.39 is 0 Å². The molecule has 2 aromatic rings. The summed E-state index contributed by atoms with van der Waals surface area (Å²) >= 11 is 1.59. The van der Waals surface area contributed by atoms with Gasteiger partial charge in [0.2, 0.25) is 0 Å². The molecular weight excluding hydrogens is 220 g/mol. The molecule has 1 aromatic heterocycles. The number of thiazole rings is 1. The number of rotatable bonds is 3.